The molecule has 1 aliphatic heterocycles. The number of hydrogen-bond acceptors (Lipinski definition) is 5. The number of anilines is 1. The van der Waals surface area contributed by atoms with Crippen LogP contribution in [0.5, 0.6) is 5.75 Å². The van der Waals surface area contributed by atoms with E-state index >= 15 is 0 Å². The van der Waals surface area contributed by atoms with Crippen molar-refractivity contribution in [3.8, 4) is 11.4 Å². The highest BCUT2D eigenvalue weighted by atomic mass is 16.5. The smallest absolute Gasteiger partial charge is 0.258 e. The number of hydrogen-bond donors (Lipinski definition) is 2. The Kier molecular flexibility index (Phi) is 7.99. The van der Waals surface area contributed by atoms with Crippen molar-refractivity contribution in [3.63, 3.8) is 0 Å². The molecule has 1 aliphatic carbocycles. The van der Waals surface area contributed by atoms with Crippen LogP contribution in [0, 0.1) is 11.3 Å². The molecule has 32 heavy (non-hydrogen) atoms. The van der Waals surface area contributed by atoms with Crippen LogP contribution in [0.1, 0.15) is 56.9 Å². The van der Waals surface area contributed by atoms with E-state index in [1.165, 1.54) is 70.7 Å². The highest BCUT2D eigenvalue weighted by molar-refractivity contribution is 5.86. The monoisotopic (exact) mass is 436 g/mol. The number of nitrogens with one attached hydrogen (secondary N) is 2. The first-order valence-corrected chi connectivity index (χ1v) is 12.2. The van der Waals surface area contributed by atoms with Gasteiger partial charge in [-0.3, -0.25) is 9.36 Å². The Morgan fingerprint density at radius 2 is 1.81 bits per heavy atom. The SMILES string of the molecule is N=Cc1cc(-n2ccc(OCC3CCCCCC3)cc2=O)ccc1NCCN1CCCC1. The molecular formula is C26H36N4O2. The lowest BCUT2D eigenvalue weighted by Gasteiger charge is -2.17. The van der Waals surface area contributed by atoms with Crippen LogP contribution in [-0.2, 0) is 0 Å². The van der Waals surface area contributed by atoms with E-state index in [4.69, 9.17) is 10.1 Å². The van der Waals surface area contributed by atoms with Crippen LogP contribution in [-0.4, -0.2) is 48.5 Å². The van der Waals surface area contributed by atoms with Crippen LogP contribution in [0.3, 0.4) is 0 Å². The zero-order valence-corrected chi connectivity index (χ0v) is 19.0. The summed E-state index contributed by atoms with van der Waals surface area (Å²) in [5.41, 5.74) is 2.35. The fourth-order valence-corrected chi connectivity index (χ4v) is 4.84. The fraction of sp³-hybridized carbons (Fsp3) is 0.538. The van der Waals surface area contributed by atoms with Gasteiger partial charge in [0.15, 0.2) is 0 Å². The van der Waals surface area contributed by atoms with Crippen molar-refractivity contribution < 1.29 is 4.74 Å². The number of pyridine rings is 1. The van der Waals surface area contributed by atoms with Crippen molar-refractivity contribution in [2.45, 2.75) is 51.4 Å². The lowest BCUT2D eigenvalue weighted by atomic mass is 10.0. The highest BCUT2D eigenvalue weighted by Crippen LogP contribution is 2.24. The number of nitrogens with zero attached hydrogens (tertiary/aromatic N) is 2. The summed E-state index contributed by atoms with van der Waals surface area (Å²) >= 11 is 0. The zero-order chi connectivity index (χ0) is 22.2. The molecule has 2 aromatic rings. The molecule has 1 saturated heterocycles. The molecule has 1 aromatic heterocycles. The average molecular weight is 437 g/mol. The van der Waals surface area contributed by atoms with Gasteiger partial charge in [0.25, 0.3) is 5.56 Å². The summed E-state index contributed by atoms with van der Waals surface area (Å²) in [5.74, 6) is 1.24. The molecule has 172 valence electrons. The van der Waals surface area contributed by atoms with E-state index < -0.39 is 0 Å². The van der Waals surface area contributed by atoms with Crippen molar-refractivity contribution in [2.75, 3.05) is 38.1 Å². The molecule has 6 heteroatoms. The first-order chi connectivity index (χ1) is 15.7. The van der Waals surface area contributed by atoms with Crippen molar-refractivity contribution in [1.82, 2.24) is 9.47 Å². The second kappa shape index (κ2) is 11.3. The summed E-state index contributed by atoms with van der Waals surface area (Å²) in [6.45, 7) is 4.93. The predicted molar refractivity (Wildman–Crippen MR) is 131 cm³/mol. The minimum absolute atomic E-state index is 0.117. The van der Waals surface area contributed by atoms with Crippen molar-refractivity contribution in [1.29, 1.82) is 5.41 Å². The summed E-state index contributed by atoms with van der Waals surface area (Å²) in [4.78, 5) is 15.2. The summed E-state index contributed by atoms with van der Waals surface area (Å²) in [5, 5.41) is 11.3. The first kappa shape index (κ1) is 22.6. The van der Waals surface area contributed by atoms with Gasteiger partial charge in [0.05, 0.1) is 6.61 Å². The molecule has 6 nitrogen and oxygen atoms in total. The van der Waals surface area contributed by atoms with Crippen LogP contribution < -0.4 is 15.6 Å². The second-order valence-electron chi connectivity index (χ2n) is 9.13. The maximum Gasteiger partial charge on any atom is 0.258 e. The topological polar surface area (TPSA) is 70.3 Å². The average Bonchev–Trinajstić information content (AvgIpc) is 3.19. The number of ether oxygens (including phenoxy) is 1. The largest absolute Gasteiger partial charge is 0.493 e. The van der Waals surface area contributed by atoms with Crippen LogP contribution >= 0.6 is 0 Å². The van der Waals surface area contributed by atoms with Gasteiger partial charge in [0.1, 0.15) is 5.75 Å². The zero-order valence-electron chi connectivity index (χ0n) is 19.0. The molecule has 0 unspecified atom stereocenters. The Labute approximate surface area is 191 Å². The van der Waals surface area contributed by atoms with Gasteiger partial charge in [-0.1, -0.05) is 25.7 Å². The molecule has 1 aromatic carbocycles. The molecular weight excluding hydrogens is 400 g/mol. The number of aromatic nitrogens is 1. The summed E-state index contributed by atoms with van der Waals surface area (Å²) in [6.07, 6.45) is 13.4. The van der Waals surface area contributed by atoms with Gasteiger partial charge in [-0.25, -0.2) is 0 Å². The van der Waals surface area contributed by atoms with Gasteiger partial charge in [-0.05, 0) is 69.0 Å². The Bertz CT molecular complexity index is 941. The lowest BCUT2D eigenvalue weighted by Crippen LogP contribution is -2.26. The summed E-state index contributed by atoms with van der Waals surface area (Å²) in [6, 6.07) is 9.22. The molecule has 0 atom stereocenters. The Hall–Kier alpha value is -2.60. The molecule has 2 heterocycles. The Morgan fingerprint density at radius 1 is 1.03 bits per heavy atom. The van der Waals surface area contributed by atoms with E-state index in [0.29, 0.717) is 18.3 Å². The minimum atomic E-state index is -0.117. The number of likely N-dealkylation sites (tertiary alicyclic amines) is 1. The molecule has 0 spiro atoms. The normalized spacial score (nSPS) is 17.8. The van der Waals surface area contributed by atoms with Crippen molar-refractivity contribution in [2.24, 2.45) is 5.92 Å². The highest BCUT2D eigenvalue weighted by Gasteiger charge is 2.14. The van der Waals surface area contributed by atoms with Gasteiger partial charge < -0.3 is 20.4 Å². The lowest BCUT2D eigenvalue weighted by molar-refractivity contribution is 0.233. The quantitative estimate of drug-likeness (QED) is 0.442. The third-order valence-electron chi connectivity index (χ3n) is 6.76. The molecule has 0 radical (unpaired) electrons. The van der Waals surface area contributed by atoms with E-state index in [9.17, 15) is 4.79 Å². The summed E-state index contributed by atoms with van der Waals surface area (Å²) < 4.78 is 7.57. The van der Waals surface area contributed by atoms with E-state index in [-0.39, 0.29) is 5.56 Å². The maximum atomic E-state index is 12.8. The standard InChI is InChI=1S/C26H36N4O2/c27-19-22-17-23(9-10-25(22)28-12-16-29-13-5-6-14-29)30-15-11-24(18-26(30)31)32-20-21-7-3-1-2-4-8-21/h9-11,15,17-19,21,27-28H,1-8,12-14,16,20H2. The van der Waals surface area contributed by atoms with Crippen molar-refractivity contribution in [3.05, 3.63) is 52.4 Å². The van der Waals surface area contributed by atoms with Crippen LogP contribution in [0.25, 0.3) is 5.69 Å². The van der Waals surface area contributed by atoms with E-state index in [0.717, 1.165) is 30.0 Å². The maximum absolute atomic E-state index is 12.8. The van der Waals surface area contributed by atoms with Gasteiger partial charge in [-0.2, -0.15) is 0 Å². The van der Waals surface area contributed by atoms with E-state index in [1.54, 1.807) is 16.8 Å². The molecule has 2 N–H and O–H groups in total. The van der Waals surface area contributed by atoms with Gasteiger partial charge in [0, 0.05) is 48.5 Å². The van der Waals surface area contributed by atoms with Crippen LogP contribution in [0.4, 0.5) is 5.69 Å². The number of rotatable bonds is 9. The fourth-order valence-electron chi connectivity index (χ4n) is 4.84. The molecule has 2 aliphatic rings. The second-order valence-corrected chi connectivity index (χ2v) is 9.13. The Balaban J connectivity index is 1.38. The third-order valence-corrected chi connectivity index (χ3v) is 6.76. The predicted octanol–water partition coefficient (Wildman–Crippen LogP) is 4.69. The van der Waals surface area contributed by atoms with Crippen LogP contribution in [0.15, 0.2) is 41.3 Å². The molecule has 0 bridgehead atoms. The van der Waals surface area contributed by atoms with Gasteiger partial charge in [0.2, 0.25) is 0 Å². The Morgan fingerprint density at radius 3 is 2.53 bits per heavy atom. The third kappa shape index (κ3) is 6.00. The molecule has 1 saturated carbocycles. The van der Waals surface area contributed by atoms with Crippen LogP contribution in [0.2, 0.25) is 0 Å². The van der Waals surface area contributed by atoms with E-state index in [2.05, 4.69) is 10.2 Å². The summed E-state index contributed by atoms with van der Waals surface area (Å²) in [7, 11) is 0. The van der Waals surface area contributed by atoms with Gasteiger partial charge in [-0.15, -0.1) is 0 Å². The molecule has 4 rings (SSSR count). The van der Waals surface area contributed by atoms with Gasteiger partial charge >= 0.3 is 0 Å². The minimum Gasteiger partial charge on any atom is -0.493 e. The molecule has 0 amide bonds. The van der Waals surface area contributed by atoms with E-state index in [1.807, 2.05) is 24.3 Å². The van der Waals surface area contributed by atoms with Crippen molar-refractivity contribution >= 4 is 11.9 Å². The molecule has 2 fully saturated rings. The number of benzene rings is 1. The first-order valence-electron chi connectivity index (χ1n) is 12.2.